The minimum absolute atomic E-state index is 0.0332. The lowest BCUT2D eigenvalue weighted by Crippen LogP contribution is -2.07. The number of aromatic nitrogens is 2. The highest BCUT2D eigenvalue weighted by Gasteiger charge is 2.19. The van der Waals surface area contributed by atoms with Crippen molar-refractivity contribution < 1.29 is 13.9 Å². The van der Waals surface area contributed by atoms with E-state index in [4.69, 9.17) is 9.15 Å². The molecule has 1 heterocycles. The zero-order chi connectivity index (χ0) is 13.1. The van der Waals surface area contributed by atoms with Crippen molar-refractivity contribution in [2.24, 2.45) is 5.92 Å². The van der Waals surface area contributed by atoms with Crippen molar-refractivity contribution in [3.8, 4) is 17.2 Å². The van der Waals surface area contributed by atoms with E-state index in [2.05, 4.69) is 10.2 Å². The van der Waals surface area contributed by atoms with Gasteiger partial charge in [0.05, 0.1) is 12.7 Å². The van der Waals surface area contributed by atoms with Crippen molar-refractivity contribution in [2.45, 2.75) is 13.8 Å². The Kier molecular flexibility index (Phi) is 3.41. The third-order valence-electron chi connectivity index (χ3n) is 2.50. The molecule has 18 heavy (non-hydrogen) atoms. The Bertz CT molecular complexity index is 561. The molecule has 0 bridgehead atoms. The van der Waals surface area contributed by atoms with Gasteiger partial charge in [0.2, 0.25) is 5.78 Å². The lowest BCUT2D eigenvalue weighted by atomic mass is 10.1. The Morgan fingerprint density at radius 3 is 2.67 bits per heavy atom. The van der Waals surface area contributed by atoms with Crippen molar-refractivity contribution in [3.05, 3.63) is 30.2 Å². The van der Waals surface area contributed by atoms with Crippen molar-refractivity contribution in [1.29, 1.82) is 0 Å². The van der Waals surface area contributed by atoms with Gasteiger partial charge in [0.25, 0.3) is 11.8 Å². The summed E-state index contributed by atoms with van der Waals surface area (Å²) in [6.07, 6.45) is 0. The van der Waals surface area contributed by atoms with Crippen LogP contribution in [0.3, 0.4) is 0 Å². The van der Waals surface area contributed by atoms with E-state index in [9.17, 15) is 4.79 Å². The summed E-state index contributed by atoms with van der Waals surface area (Å²) >= 11 is 0. The first-order chi connectivity index (χ1) is 8.63. The van der Waals surface area contributed by atoms with Crippen molar-refractivity contribution >= 4 is 5.78 Å². The Labute approximate surface area is 105 Å². The maximum atomic E-state index is 11.7. The van der Waals surface area contributed by atoms with E-state index in [1.54, 1.807) is 33.1 Å². The van der Waals surface area contributed by atoms with Crippen LogP contribution in [0.1, 0.15) is 24.5 Å². The van der Waals surface area contributed by atoms with E-state index in [-0.39, 0.29) is 23.5 Å². The Balaban J connectivity index is 2.38. The molecular weight excluding hydrogens is 232 g/mol. The Morgan fingerprint density at radius 1 is 1.28 bits per heavy atom. The van der Waals surface area contributed by atoms with Crippen molar-refractivity contribution in [1.82, 2.24) is 10.2 Å². The average molecular weight is 246 g/mol. The zero-order valence-electron chi connectivity index (χ0n) is 10.5. The van der Waals surface area contributed by atoms with Crippen LogP contribution < -0.4 is 4.74 Å². The lowest BCUT2D eigenvalue weighted by Gasteiger charge is -2.03. The van der Waals surface area contributed by atoms with Gasteiger partial charge in [-0.05, 0) is 12.1 Å². The molecule has 0 amide bonds. The lowest BCUT2D eigenvalue weighted by molar-refractivity contribution is 0.0905. The van der Waals surface area contributed by atoms with Crippen LogP contribution in [0.4, 0.5) is 0 Å². The first-order valence-electron chi connectivity index (χ1n) is 5.64. The van der Waals surface area contributed by atoms with Crippen LogP contribution in [0.25, 0.3) is 11.5 Å². The summed E-state index contributed by atoms with van der Waals surface area (Å²) in [7, 11) is 1.56. The largest absolute Gasteiger partial charge is 0.496 e. The number of rotatable bonds is 4. The van der Waals surface area contributed by atoms with Crippen LogP contribution in [-0.4, -0.2) is 23.1 Å². The molecule has 0 saturated carbocycles. The van der Waals surface area contributed by atoms with Gasteiger partial charge in [-0.2, -0.15) is 0 Å². The van der Waals surface area contributed by atoms with Crippen molar-refractivity contribution in [3.63, 3.8) is 0 Å². The fourth-order valence-electron chi connectivity index (χ4n) is 1.50. The maximum Gasteiger partial charge on any atom is 0.284 e. The van der Waals surface area contributed by atoms with Crippen LogP contribution in [-0.2, 0) is 0 Å². The van der Waals surface area contributed by atoms with Gasteiger partial charge in [-0.25, -0.2) is 0 Å². The minimum atomic E-state index is -0.170. The molecule has 0 aliphatic heterocycles. The molecule has 1 aromatic carbocycles. The smallest absolute Gasteiger partial charge is 0.284 e. The van der Waals surface area contributed by atoms with Crippen LogP contribution in [0.15, 0.2) is 28.7 Å². The molecule has 0 N–H and O–H groups in total. The molecule has 0 spiro atoms. The fraction of sp³-hybridized carbons (Fsp3) is 0.308. The highest BCUT2D eigenvalue weighted by molar-refractivity contribution is 5.93. The van der Waals surface area contributed by atoms with E-state index in [1.165, 1.54) is 0 Å². The fourth-order valence-corrected chi connectivity index (χ4v) is 1.50. The van der Waals surface area contributed by atoms with E-state index in [0.717, 1.165) is 0 Å². The number of carbonyl (C=O) groups is 1. The second-order valence-electron chi connectivity index (χ2n) is 4.13. The highest BCUT2D eigenvalue weighted by Crippen LogP contribution is 2.28. The second kappa shape index (κ2) is 5.00. The minimum Gasteiger partial charge on any atom is -0.496 e. The molecule has 0 atom stereocenters. The molecule has 0 fully saturated rings. The Morgan fingerprint density at radius 2 is 2.00 bits per heavy atom. The maximum absolute atomic E-state index is 11.7. The van der Waals surface area contributed by atoms with Crippen LogP contribution in [0.5, 0.6) is 5.75 Å². The molecule has 94 valence electrons. The van der Waals surface area contributed by atoms with Gasteiger partial charge in [-0.3, -0.25) is 4.79 Å². The van der Waals surface area contributed by atoms with Gasteiger partial charge in [-0.1, -0.05) is 26.0 Å². The molecule has 2 rings (SSSR count). The molecule has 0 aliphatic carbocycles. The zero-order valence-corrected chi connectivity index (χ0v) is 10.5. The summed E-state index contributed by atoms with van der Waals surface area (Å²) < 4.78 is 10.6. The highest BCUT2D eigenvalue weighted by atomic mass is 16.5. The number of methoxy groups -OCH3 is 1. The summed E-state index contributed by atoms with van der Waals surface area (Å²) in [6.45, 7) is 3.57. The molecule has 2 aromatic rings. The third-order valence-corrected chi connectivity index (χ3v) is 2.50. The first-order valence-corrected chi connectivity index (χ1v) is 5.64. The normalized spacial score (nSPS) is 10.7. The number of nitrogens with zero attached hydrogens (tertiary/aromatic N) is 2. The number of para-hydroxylation sites is 1. The summed E-state index contributed by atoms with van der Waals surface area (Å²) in [4.78, 5) is 11.7. The van der Waals surface area contributed by atoms with E-state index < -0.39 is 0 Å². The SMILES string of the molecule is COc1ccccc1-c1nnc(C(=O)C(C)C)o1. The number of benzene rings is 1. The van der Waals surface area contributed by atoms with E-state index in [1.807, 2.05) is 12.1 Å². The summed E-state index contributed by atoms with van der Waals surface area (Å²) in [5.41, 5.74) is 0.676. The summed E-state index contributed by atoms with van der Waals surface area (Å²) in [5.74, 6) is 0.617. The molecule has 1 aromatic heterocycles. The summed E-state index contributed by atoms with van der Waals surface area (Å²) in [5, 5.41) is 7.65. The van der Waals surface area contributed by atoms with Crippen molar-refractivity contribution in [2.75, 3.05) is 7.11 Å². The number of Topliss-reactive ketones (excluding diaryl/α,β-unsaturated/α-hetero) is 1. The Hall–Kier alpha value is -2.17. The number of hydrogen-bond acceptors (Lipinski definition) is 5. The standard InChI is InChI=1S/C13H14N2O3/c1-8(2)11(16)13-15-14-12(18-13)9-6-4-5-7-10(9)17-3/h4-8H,1-3H3. The molecule has 0 aliphatic rings. The van der Waals surface area contributed by atoms with Gasteiger partial charge in [-0.15, -0.1) is 10.2 Å². The van der Waals surface area contributed by atoms with E-state index >= 15 is 0 Å². The average Bonchev–Trinajstić information content (AvgIpc) is 2.87. The van der Waals surface area contributed by atoms with Gasteiger partial charge in [0.1, 0.15) is 5.75 Å². The number of carbonyl (C=O) groups excluding carboxylic acids is 1. The van der Waals surface area contributed by atoms with Crippen LogP contribution in [0, 0.1) is 5.92 Å². The van der Waals surface area contributed by atoms with Crippen LogP contribution in [0.2, 0.25) is 0 Å². The van der Waals surface area contributed by atoms with Gasteiger partial charge < -0.3 is 9.15 Å². The van der Waals surface area contributed by atoms with Gasteiger partial charge >= 0.3 is 0 Å². The molecule has 0 saturated heterocycles. The molecule has 0 radical (unpaired) electrons. The molecule has 5 heteroatoms. The number of ketones is 1. The first kappa shape index (κ1) is 12.3. The quantitative estimate of drug-likeness (QED) is 0.776. The van der Waals surface area contributed by atoms with Crippen LogP contribution >= 0.6 is 0 Å². The second-order valence-corrected chi connectivity index (χ2v) is 4.13. The summed E-state index contributed by atoms with van der Waals surface area (Å²) in [6, 6.07) is 7.28. The number of ether oxygens (including phenoxy) is 1. The molecule has 0 unspecified atom stereocenters. The number of hydrogen-bond donors (Lipinski definition) is 0. The van der Waals surface area contributed by atoms with E-state index in [0.29, 0.717) is 11.3 Å². The van der Waals surface area contributed by atoms with Gasteiger partial charge in [0.15, 0.2) is 0 Å². The predicted molar refractivity (Wildman–Crippen MR) is 65.5 cm³/mol. The molecular formula is C13H14N2O3. The topological polar surface area (TPSA) is 65.2 Å². The third kappa shape index (κ3) is 2.25. The molecule has 5 nitrogen and oxygen atoms in total. The van der Waals surface area contributed by atoms with Gasteiger partial charge in [0, 0.05) is 5.92 Å². The predicted octanol–water partition coefficient (Wildman–Crippen LogP) is 2.58. The monoisotopic (exact) mass is 246 g/mol.